The molecule has 3 N–H and O–H groups in total. The normalized spacial score (nSPS) is 13.5. The van der Waals surface area contributed by atoms with Crippen LogP contribution in [0.4, 0.5) is 0 Å². The molecule has 1 rings (SSSR count). The van der Waals surface area contributed by atoms with Crippen molar-refractivity contribution in [3.05, 3.63) is 29.8 Å². The number of hydrogen-bond donors (Lipinski definition) is 3. The molecule has 0 aliphatic rings. The molecule has 0 aromatic heterocycles. The van der Waals surface area contributed by atoms with Gasteiger partial charge in [0.25, 0.3) is 0 Å². The van der Waals surface area contributed by atoms with Crippen molar-refractivity contribution in [3.63, 3.8) is 0 Å². The monoisotopic (exact) mass is 240 g/mol. The van der Waals surface area contributed by atoms with E-state index in [0.29, 0.717) is 12.2 Å². The van der Waals surface area contributed by atoms with Crippen molar-refractivity contribution in [1.29, 1.82) is 0 Å². The van der Waals surface area contributed by atoms with E-state index in [4.69, 9.17) is 9.84 Å². The summed E-state index contributed by atoms with van der Waals surface area (Å²) in [5.41, 5.74) is -0.139. The van der Waals surface area contributed by atoms with Gasteiger partial charge in [-0.3, -0.25) is 0 Å². The molecule has 0 bridgehead atoms. The zero-order valence-electron chi connectivity index (χ0n) is 10.3. The van der Waals surface area contributed by atoms with Crippen LogP contribution in [0, 0.1) is 0 Å². The molecule has 0 spiro atoms. The molecule has 1 atom stereocenters. The molecule has 4 nitrogen and oxygen atoms in total. The minimum atomic E-state index is -1.17. The molecule has 1 aromatic rings. The number of rotatable bonds is 6. The summed E-state index contributed by atoms with van der Waals surface area (Å²) in [6, 6.07) is 7.29. The maximum Gasteiger partial charge on any atom is 0.119 e. The molecule has 96 valence electrons. The average molecular weight is 240 g/mol. The molecule has 0 unspecified atom stereocenters. The topological polar surface area (TPSA) is 69.9 Å². The van der Waals surface area contributed by atoms with E-state index in [2.05, 4.69) is 0 Å². The summed E-state index contributed by atoms with van der Waals surface area (Å²) in [7, 11) is 0. The molecular formula is C13H20O4. The third-order valence-electron chi connectivity index (χ3n) is 2.55. The molecular weight excluding hydrogens is 220 g/mol. The van der Waals surface area contributed by atoms with Gasteiger partial charge >= 0.3 is 0 Å². The predicted molar refractivity (Wildman–Crippen MR) is 65.0 cm³/mol. The molecule has 0 heterocycles. The minimum absolute atomic E-state index is 0.0445. The van der Waals surface area contributed by atoms with Crippen LogP contribution in [0.3, 0.4) is 0 Å². The highest BCUT2D eigenvalue weighted by Crippen LogP contribution is 2.15. The molecule has 0 fully saturated rings. The Hall–Kier alpha value is -1.10. The van der Waals surface area contributed by atoms with E-state index in [1.54, 1.807) is 12.1 Å². The Morgan fingerprint density at radius 2 is 1.82 bits per heavy atom. The molecule has 0 saturated carbocycles. The fourth-order valence-corrected chi connectivity index (χ4v) is 1.26. The fourth-order valence-electron chi connectivity index (χ4n) is 1.26. The first kappa shape index (κ1) is 14.0. The second-order valence-corrected chi connectivity index (χ2v) is 4.60. The third kappa shape index (κ3) is 4.73. The summed E-state index contributed by atoms with van der Waals surface area (Å²) in [6.45, 7) is 3.23. The first-order chi connectivity index (χ1) is 7.93. The standard InChI is InChI=1S/C13H20O4/c1-13(2,16)12(15)9-17-11-5-3-10(4-6-11)7-8-14/h3-6,12,14-16H,7-9H2,1-2H3/t12-/m0/s1. The van der Waals surface area contributed by atoms with Crippen molar-refractivity contribution >= 4 is 0 Å². The van der Waals surface area contributed by atoms with Gasteiger partial charge in [-0.15, -0.1) is 0 Å². The van der Waals surface area contributed by atoms with Crippen LogP contribution in [0.1, 0.15) is 19.4 Å². The lowest BCUT2D eigenvalue weighted by molar-refractivity contribution is -0.0661. The Bertz CT molecular complexity index is 326. The lowest BCUT2D eigenvalue weighted by Crippen LogP contribution is -2.40. The van der Waals surface area contributed by atoms with Crippen LogP contribution in [-0.2, 0) is 6.42 Å². The Morgan fingerprint density at radius 1 is 1.24 bits per heavy atom. The van der Waals surface area contributed by atoms with Crippen LogP contribution in [-0.4, -0.2) is 40.2 Å². The van der Waals surface area contributed by atoms with E-state index < -0.39 is 11.7 Å². The quantitative estimate of drug-likeness (QED) is 0.685. The highest BCUT2D eigenvalue weighted by Gasteiger charge is 2.24. The van der Waals surface area contributed by atoms with Crippen molar-refractivity contribution in [2.24, 2.45) is 0 Å². The largest absolute Gasteiger partial charge is 0.491 e. The van der Waals surface area contributed by atoms with Gasteiger partial charge < -0.3 is 20.1 Å². The van der Waals surface area contributed by atoms with Crippen LogP contribution in [0.5, 0.6) is 5.75 Å². The van der Waals surface area contributed by atoms with Gasteiger partial charge in [-0.2, -0.15) is 0 Å². The highest BCUT2D eigenvalue weighted by atomic mass is 16.5. The van der Waals surface area contributed by atoms with Crippen molar-refractivity contribution in [2.75, 3.05) is 13.2 Å². The van der Waals surface area contributed by atoms with Crippen molar-refractivity contribution < 1.29 is 20.1 Å². The summed E-state index contributed by atoms with van der Waals surface area (Å²) in [5, 5.41) is 27.9. The highest BCUT2D eigenvalue weighted by molar-refractivity contribution is 5.27. The van der Waals surface area contributed by atoms with Gasteiger partial charge in [-0.1, -0.05) is 12.1 Å². The number of aliphatic hydroxyl groups excluding tert-OH is 2. The molecule has 1 aromatic carbocycles. The van der Waals surface area contributed by atoms with Gasteiger partial charge in [0.2, 0.25) is 0 Å². The van der Waals surface area contributed by atoms with Crippen molar-refractivity contribution in [3.8, 4) is 5.75 Å². The summed E-state index contributed by atoms with van der Waals surface area (Å²) >= 11 is 0. The van der Waals surface area contributed by atoms with Crippen LogP contribution < -0.4 is 4.74 Å². The van der Waals surface area contributed by atoms with Gasteiger partial charge in [0.05, 0.1) is 5.60 Å². The summed E-state index contributed by atoms with van der Waals surface area (Å²) in [4.78, 5) is 0. The fraction of sp³-hybridized carbons (Fsp3) is 0.538. The number of hydrogen-bond acceptors (Lipinski definition) is 4. The van der Waals surface area contributed by atoms with E-state index >= 15 is 0 Å². The van der Waals surface area contributed by atoms with Crippen LogP contribution in [0.2, 0.25) is 0 Å². The molecule has 4 heteroatoms. The second-order valence-electron chi connectivity index (χ2n) is 4.60. The molecule has 17 heavy (non-hydrogen) atoms. The third-order valence-corrected chi connectivity index (χ3v) is 2.55. The average Bonchev–Trinajstić information content (AvgIpc) is 2.27. The molecule has 0 radical (unpaired) electrons. The molecule has 0 amide bonds. The maximum absolute atomic E-state index is 9.58. The van der Waals surface area contributed by atoms with Crippen molar-refractivity contribution in [1.82, 2.24) is 0 Å². The number of aliphatic hydroxyl groups is 3. The van der Waals surface area contributed by atoms with E-state index in [0.717, 1.165) is 5.56 Å². The van der Waals surface area contributed by atoms with Crippen LogP contribution >= 0.6 is 0 Å². The smallest absolute Gasteiger partial charge is 0.119 e. The van der Waals surface area contributed by atoms with Gasteiger partial charge in [0.15, 0.2) is 0 Å². The first-order valence-electron chi connectivity index (χ1n) is 5.66. The molecule has 0 aliphatic carbocycles. The Labute approximate surface area is 101 Å². The van der Waals surface area contributed by atoms with E-state index in [1.807, 2.05) is 12.1 Å². The Kier molecular flexibility index (Phi) is 4.93. The lowest BCUT2D eigenvalue weighted by atomic mass is 10.0. The zero-order valence-corrected chi connectivity index (χ0v) is 10.3. The van der Waals surface area contributed by atoms with E-state index in [1.165, 1.54) is 13.8 Å². The van der Waals surface area contributed by atoms with Crippen LogP contribution in [0.25, 0.3) is 0 Å². The van der Waals surface area contributed by atoms with E-state index in [-0.39, 0.29) is 13.2 Å². The van der Waals surface area contributed by atoms with Crippen LogP contribution in [0.15, 0.2) is 24.3 Å². The maximum atomic E-state index is 9.58. The predicted octanol–water partition coefficient (Wildman–Crippen LogP) is 0.732. The molecule has 0 aliphatic heterocycles. The molecule has 0 saturated heterocycles. The van der Waals surface area contributed by atoms with Gasteiger partial charge in [-0.25, -0.2) is 0 Å². The summed E-state index contributed by atoms with van der Waals surface area (Å²) in [6.07, 6.45) is -0.313. The number of benzene rings is 1. The summed E-state index contributed by atoms with van der Waals surface area (Å²) < 4.78 is 5.35. The zero-order chi connectivity index (χ0) is 12.9. The van der Waals surface area contributed by atoms with Gasteiger partial charge in [-0.05, 0) is 38.0 Å². The van der Waals surface area contributed by atoms with Gasteiger partial charge in [0.1, 0.15) is 18.5 Å². The number of ether oxygens (including phenoxy) is 1. The SMILES string of the molecule is CC(C)(O)[C@@H](O)COc1ccc(CCO)cc1. The second kappa shape index (κ2) is 6.00. The van der Waals surface area contributed by atoms with Gasteiger partial charge in [0, 0.05) is 6.61 Å². The summed E-state index contributed by atoms with van der Waals surface area (Å²) in [5.74, 6) is 0.634. The minimum Gasteiger partial charge on any atom is -0.491 e. The Balaban J connectivity index is 2.47. The lowest BCUT2D eigenvalue weighted by Gasteiger charge is -2.24. The van der Waals surface area contributed by atoms with E-state index in [9.17, 15) is 10.2 Å². The first-order valence-corrected chi connectivity index (χ1v) is 5.66. The van der Waals surface area contributed by atoms with Crippen molar-refractivity contribution in [2.45, 2.75) is 32.0 Å². The Morgan fingerprint density at radius 3 is 2.29 bits per heavy atom.